The van der Waals surface area contributed by atoms with Gasteiger partial charge in [0.2, 0.25) is 5.91 Å². The van der Waals surface area contributed by atoms with Crippen molar-refractivity contribution >= 4 is 11.7 Å². The Morgan fingerprint density at radius 3 is 2.77 bits per heavy atom. The van der Waals surface area contributed by atoms with Crippen molar-refractivity contribution in [2.24, 2.45) is 23.0 Å². The number of carbonyl (C=O) groups is 2. The van der Waals surface area contributed by atoms with E-state index in [0.717, 1.165) is 33.4 Å². The number of aliphatic hydroxyl groups excluding tert-OH is 3. The molecule has 9 heteroatoms. The highest BCUT2D eigenvalue weighted by Gasteiger charge is 2.64. The molecule has 0 radical (unpaired) electrons. The van der Waals surface area contributed by atoms with Crippen LogP contribution in [0.2, 0.25) is 0 Å². The first kappa shape index (κ1) is 39.6. The van der Waals surface area contributed by atoms with Gasteiger partial charge in [-0.1, -0.05) is 72.1 Å². The number of aliphatic hydroxyl groups is 4. The number of benzene rings is 1. The van der Waals surface area contributed by atoms with Crippen molar-refractivity contribution in [2.75, 3.05) is 19.8 Å². The van der Waals surface area contributed by atoms with Gasteiger partial charge in [0.15, 0.2) is 5.78 Å². The molecule has 2 fully saturated rings. The van der Waals surface area contributed by atoms with Gasteiger partial charge in [0.1, 0.15) is 12.8 Å². The number of nitrogens with two attached hydrogens (primary N) is 1. The molecule has 9 nitrogen and oxygen atoms in total. The summed E-state index contributed by atoms with van der Waals surface area (Å²) in [6.07, 6.45) is 9.38. The Labute approximate surface area is 308 Å². The van der Waals surface area contributed by atoms with Crippen molar-refractivity contribution in [1.82, 2.24) is 5.32 Å². The van der Waals surface area contributed by atoms with E-state index in [9.17, 15) is 30.0 Å². The van der Waals surface area contributed by atoms with Crippen molar-refractivity contribution in [3.05, 3.63) is 93.6 Å². The molecule has 280 valence electrons. The molecule has 4 aliphatic rings. The van der Waals surface area contributed by atoms with E-state index in [0.29, 0.717) is 62.5 Å². The van der Waals surface area contributed by atoms with Crippen LogP contribution in [0.25, 0.3) is 0 Å². The van der Waals surface area contributed by atoms with E-state index in [2.05, 4.69) is 23.7 Å². The fourth-order valence-corrected chi connectivity index (χ4v) is 9.03. The Morgan fingerprint density at radius 1 is 1.21 bits per heavy atom. The molecule has 0 saturated heterocycles. The Hall–Kier alpha value is -3.62. The molecule has 0 bridgehead atoms. The summed E-state index contributed by atoms with van der Waals surface area (Å²) < 4.78 is 6.03. The maximum atomic E-state index is 14.1. The van der Waals surface area contributed by atoms with Crippen LogP contribution in [0.4, 0.5) is 0 Å². The summed E-state index contributed by atoms with van der Waals surface area (Å²) in [5.74, 6) is 5.24. The van der Waals surface area contributed by atoms with Gasteiger partial charge in [-0.3, -0.25) is 9.59 Å². The van der Waals surface area contributed by atoms with Gasteiger partial charge in [-0.2, -0.15) is 0 Å². The third kappa shape index (κ3) is 8.28. The van der Waals surface area contributed by atoms with Gasteiger partial charge in [0, 0.05) is 30.8 Å². The van der Waals surface area contributed by atoms with Crippen molar-refractivity contribution < 1.29 is 34.8 Å². The molecule has 5 rings (SSSR count). The van der Waals surface area contributed by atoms with Gasteiger partial charge < -0.3 is 36.2 Å². The lowest BCUT2D eigenvalue weighted by molar-refractivity contribution is -0.167. The van der Waals surface area contributed by atoms with Crippen LogP contribution in [0.5, 0.6) is 0 Å². The average Bonchev–Trinajstić information content (AvgIpc) is 3.45. The Bertz CT molecular complexity index is 1720. The fourth-order valence-electron chi connectivity index (χ4n) is 9.03. The molecule has 52 heavy (non-hydrogen) atoms. The van der Waals surface area contributed by atoms with E-state index >= 15 is 0 Å². The number of carbonyl (C=O) groups excluding carboxylic acids is 2. The first-order chi connectivity index (χ1) is 24.8. The molecule has 1 aromatic rings. The summed E-state index contributed by atoms with van der Waals surface area (Å²) in [5, 5.41) is 48.2. The second-order valence-electron chi connectivity index (χ2n) is 15.3. The number of ether oxygens (including phenoxy) is 1. The van der Waals surface area contributed by atoms with E-state index in [-0.39, 0.29) is 56.2 Å². The predicted molar refractivity (Wildman–Crippen MR) is 201 cm³/mol. The maximum Gasteiger partial charge on any atom is 0.225 e. The Balaban J connectivity index is 1.48. The Kier molecular flexibility index (Phi) is 13.0. The van der Waals surface area contributed by atoms with Gasteiger partial charge >= 0.3 is 0 Å². The number of allylic oxidation sites excluding steroid dienone is 5. The lowest BCUT2D eigenvalue weighted by atomic mass is 9.52. The highest BCUT2D eigenvalue weighted by atomic mass is 16.5. The number of nitrogens with one attached hydrogen (secondary N) is 1. The van der Waals surface area contributed by atoms with Crippen LogP contribution in [0.3, 0.4) is 0 Å². The molecule has 7 atom stereocenters. The SMILES string of the molecule is C=C1/C=C/C=C(\[C@H]2CC[C@@]3([C@H](CCCO)/C(=C(\C)C(=O)Cc4cccc5c4CC(=O)N[C@@H]5N)CC[C@@]3(C)O)[C@@H]2O)COCC#CC/C(C)=C/C[C@@H]1O. The van der Waals surface area contributed by atoms with E-state index in [1.54, 1.807) is 13.0 Å². The minimum Gasteiger partial charge on any atom is -0.396 e. The van der Waals surface area contributed by atoms with Gasteiger partial charge in [-0.05, 0) is 105 Å². The standard InChI is InChI=1S/C43H56N2O7/c1-27-10-5-6-23-52-26-31(13-7-11-28(2)37(47)17-16-27)33-19-21-43(40(33)50)36(15-9-22-46)32(18-20-42(43,4)51)29(3)38(48)24-30-12-8-14-34-35(30)25-39(49)45-41(34)44/h7-8,11-14,16,33,36-37,40-41,46-47,50-51H,2,9-10,15,17-26,44H2,1,3-4H3,(H,45,49)/b11-7+,27-16+,31-13-,32-29+/t33-,36-,37+,40-,41+,42-,43-/m1/s1. The number of hydrogen-bond donors (Lipinski definition) is 6. The number of fused-ring (bicyclic) bond motifs is 1. The fraction of sp³-hybridized carbons (Fsp3) is 0.535. The van der Waals surface area contributed by atoms with Crippen LogP contribution in [-0.2, 0) is 27.2 Å². The minimum absolute atomic E-state index is 0.0530. The number of ketones is 1. The molecule has 0 aromatic heterocycles. The maximum absolute atomic E-state index is 14.1. The largest absolute Gasteiger partial charge is 0.396 e. The molecular formula is C43H56N2O7. The van der Waals surface area contributed by atoms with E-state index in [1.165, 1.54) is 0 Å². The molecule has 7 N–H and O–H groups in total. The number of Topliss-reactive ketones (excluding diaryl/α,β-unsaturated/α-hetero) is 1. The van der Waals surface area contributed by atoms with Crippen molar-refractivity contribution in [3.63, 3.8) is 0 Å². The third-order valence-electron chi connectivity index (χ3n) is 12.1. The summed E-state index contributed by atoms with van der Waals surface area (Å²) in [6.45, 7) is 10.1. The average molecular weight is 713 g/mol. The third-order valence-corrected chi connectivity index (χ3v) is 12.1. The van der Waals surface area contributed by atoms with E-state index < -0.39 is 29.4 Å². The summed E-state index contributed by atoms with van der Waals surface area (Å²) in [6, 6.07) is 5.61. The van der Waals surface area contributed by atoms with Crippen LogP contribution in [0, 0.1) is 29.1 Å². The molecule has 1 aromatic carbocycles. The lowest BCUT2D eigenvalue weighted by Crippen LogP contribution is -2.59. The second-order valence-corrected chi connectivity index (χ2v) is 15.3. The molecular weight excluding hydrogens is 656 g/mol. The van der Waals surface area contributed by atoms with Gasteiger partial charge in [-0.15, -0.1) is 0 Å². The van der Waals surface area contributed by atoms with Crippen molar-refractivity contribution in [1.29, 1.82) is 0 Å². The van der Waals surface area contributed by atoms with Gasteiger partial charge in [0.05, 0.1) is 30.8 Å². The number of amides is 1. The Morgan fingerprint density at radius 2 is 2.00 bits per heavy atom. The summed E-state index contributed by atoms with van der Waals surface area (Å²) in [7, 11) is 0. The van der Waals surface area contributed by atoms with Crippen LogP contribution in [0.15, 0.2) is 76.9 Å². The van der Waals surface area contributed by atoms with Crippen LogP contribution in [0.1, 0.15) is 95.0 Å². The van der Waals surface area contributed by atoms with E-state index in [4.69, 9.17) is 10.5 Å². The summed E-state index contributed by atoms with van der Waals surface area (Å²) >= 11 is 0. The van der Waals surface area contributed by atoms with E-state index in [1.807, 2.05) is 50.3 Å². The second kappa shape index (κ2) is 17.0. The zero-order chi connectivity index (χ0) is 37.6. The molecule has 2 aliphatic carbocycles. The van der Waals surface area contributed by atoms with Crippen LogP contribution < -0.4 is 11.1 Å². The smallest absolute Gasteiger partial charge is 0.225 e. The molecule has 0 unspecified atom stereocenters. The van der Waals surface area contributed by atoms with Gasteiger partial charge in [-0.25, -0.2) is 0 Å². The highest BCUT2D eigenvalue weighted by Crippen LogP contribution is 2.63. The summed E-state index contributed by atoms with van der Waals surface area (Å²) in [5.41, 5.74) is 10.3. The zero-order valence-electron chi connectivity index (χ0n) is 30.9. The number of hydrogen-bond acceptors (Lipinski definition) is 8. The lowest BCUT2D eigenvalue weighted by Gasteiger charge is -2.55. The van der Waals surface area contributed by atoms with Crippen molar-refractivity contribution in [2.45, 2.75) is 109 Å². The highest BCUT2D eigenvalue weighted by molar-refractivity contribution is 5.97. The normalized spacial score (nSPS) is 35.0. The molecule has 1 spiro atoms. The topological polar surface area (TPSA) is 162 Å². The molecule has 2 heterocycles. The first-order valence-electron chi connectivity index (χ1n) is 18.6. The predicted octanol–water partition coefficient (Wildman–Crippen LogP) is 4.59. The molecule has 1 amide bonds. The monoisotopic (exact) mass is 712 g/mol. The van der Waals surface area contributed by atoms with Gasteiger partial charge in [0.25, 0.3) is 0 Å². The quantitative estimate of drug-likeness (QED) is 0.136. The zero-order valence-corrected chi connectivity index (χ0v) is 30.9. The number of rotatable bonds is 7. The van der Waals surface area contributed by atoms with Crippen LogP contribution in [-0.4, -0.2) is 69.7 Å². The first-order valence-corrected chi connectivity index (χ1v) is 18.6. The van der Waals surface area contributed by atoms with Crippen molar-refractivity contribution in [3.8, 4) is 11.8 Å². The minimum atomic E-state index is -1.25. The van der Waals surface area contributed by atoms with Crippen LogP contribution >= 0.6 is 0 Å². The molecule has 2 aliphatic heterocycles. The summed E-state index contributed by atoms with van der Waals surface area (Å²) in [4.78, 5) is 26.5. The molecule has 2 saturated carbocycles.